The lowest BCUT2D eigenvalue weighted by molar-refractivity contribution is 0.111. The van der Waals surface area contributed by atoms with E-state index < -0.39 is 0 Å². The Bertz CT molecular complexity index is 749. The van der Waals surface area contributed by atoms with Gasteiger partial charge in [-0.05, 0) is 24.3 Å². The lowest BCUT2D eigenvalue weighted by Gasteiger charge is -2.04. The molecule has 3 aromatic rings. The topological polar surface area (TPSA) is 56.5 Å². The maximum absolute atomic E-state index is 10.7. The number of aromatic nitrogens is 3. The van der Waals surface area contributed by atoms with Gasteiger partial charge in [-0.2, -0.15) is 5.10 Å². The molecule has 2 heterocycles. The van der Waals surface area contributed by atoms with Gasteiger partial charge in [-0.25, -0.2) is 9.50 Å². The third kappa shape index (κ3) is 2.06. The quantitative estimate of drug-likeness (QED) is 0.671. The zero-order chi connectivity index (χ0) is 13.2. The molecule has 0 spiro atoms. The van der Waals surface area contributed by atoms with E-state index in [0.717, 1.165) is 17.0 Å². The van der Waals surface area contributed by atoms with Crippen molar-refractivity contribution < 1.29 is 9.53 Å². The Kier molecular flexibility index (Phi) is 2.72. The van der Waals surface area contributed by atoms with Crippen LogP contribution in [0.1, 0.15) is 10.5 Å². The molecule has 94 valence electrons. The number of fused-ring (bicyclic) bond motifs is 1. The van der Waals surface area contributed by atoms with Crippen LogP contribution in [0.3, 0.4) is 0 Å². The Balaban J connectivity index is 2.11. The highest BCUT2D eigenvalue weighted by Gasteiger charge is 2.05. The van der Waals surface area contributed by atoms with Crippen LogP contribution in [0.15, 0.2) is 42.6 Å². The minimum absolute atomic E-state index is 0.371. The van der Waals surface area contributed by atoms with Gasteiger partial charge < -0.3 is 4.74 Å². The van der Waals surface area contributed by atoms with E-state index in [1.807, 2.05) is 36.4 Å². The Morgan fingerprint density at radius 3 is 2.95 bits per heavy atom. The summed E-state index contributed by atoms with van der Waals surface area (Å²) in [6.45, 7) is 0. The lowest BCUT2D eigenvalue weighted by atomic mass is 10.1. The first kappa shape index (κ1) is 11.4. The highest BCUT2D eigenvalue weighted by atomic mass is 16.5. The molecule has 0 saturated carbocycles. The van der Waals surface area contributed by atoms with Gasteiger partial charge in [0.15, 0.2) is 11.9 Å². The zero-order valence-electron chi connectivity index (χ0n) is 10.3. The monoisotopic (exact) mass is 253 g/mol. The van der Waals surface area contributed by atoms with E-state index in [-0.39, 0.29) is 0 Å². The predicted molar refractivity (Wildman–Crippen MR) is 70.4 cm³/mol. The molecule has 0 aliphatic rings. The Morgan fingerprint density at radius 2 is 2.16 bits per heavy atom. The first-order valence-corrected chi connectivity index (χ1v) is 5.76. The van der Waals surface area contributed by atoms with E-state index in [1.165, 1.54) is 0 Å². The van der Waals surface area contributed by atoms with Crippen molar-refractivity contribution in [1.29, 1.82) is 0 Å². The molecule has 2 aromatic heterocycles. The number of nitrogens with zero attached hydrogens (tertiary/aromatic N) is 3. The summed E-state index contributed by atoms with van der Waals surface area (Å²) in [4.78, 5) is 14.8. The van der Waals surface area contributed by atoms with Crippen molar-refractivity contribution in [2.24, 2.45) is 0 Å². The smallest absolute Gasteiger partial charge is 0.170 e. The summed E-state index contributed by atoms with van der Waals surface area (Å²) in [5.74, 6) is 0.776. The van der Waals surface area contributed by atoms with E-state index >= 15 is 0 Å². The number of hydrogen-bond acceptors (Lipinski definition) is 4. The van der Waals surface area contributed by atoms with Gasteiger partial charge in [0.25, 0.3) is 0 Å². The molecule has 0 saturated heterocycles. The van der Waals surface area contributed by atoms with Gasteiger partial charge in [0, 0.05) is 5.56 Å². The summed E-state index contributed by atoms with van der Waals surface area (Å²) in [7, 11) is 1.63. The fraction of sp³-hybridized carbons (Fsp3) is 0.0714. The first-order valence-electron chi connectivity index (χ1n) is 5.76. The second-order valence-electron chi connectivity index (χ2n) is 4.04. The number of methoxy groups -OCH3 is 1. The minimum atomic E-state index is 0.371. The fourth-order valence-electron chi connectivity index (χ4n) is 1.89. The van der Waals surface area contributed by atoms with Crippen molar-refractivity contribution >= 4 is 11.9 Å². The van der Waals surface area contributed by atoms with E-state index in [9.17, 15) is 4.79 Å². The van der Waals surface area contributed by atoms with Crippen molar-refractivity contribution in [3.8, 4) is 17.0 Å². The minimum Gasteiger partial charge on any atom is -0.497 e. The van der Waals surface area contributed by atoms with Gasteiger partial charge >= 0.3 is 0 Å². The number of benzene rings is 1. The SMILES string of the molecule is COc1cccc(-c2ccc3nc(C=O)cn3n2)c1. The summed E-state index contributed by atoms with van der Waals surface area (Å²) in [5.41, 5.74) is 2.76. The highest BCUT2D eigenvalue weighted by Crippen LogP contribution is 2.22. The van der Waals surface area contributed by atoms with Crippen LogP contribution < -0.4 is 4.74 Å². The summed E-state index contributed by atoms with van der Waals surface area (Å²) in [5, 5.41) is 4.43. The molecule has 0 unspecified atom stereocenters. The van der Waals surface area contributed by atoms with Gasteiger partial charge in [-0.3, -0.25) is 4.79 Å². The van der Waals surface area contributed by atoms with Crippen molar-refractivity contribution in [2.75, 3.05) is 7.11 Å². The van der Waals surface area contributed by atoms with Crippen molar-refractivity contribution in [2.45, 2.75) is 0 Å². The average molecular weight is 253 g/mol. The molecule has 0 atom stereocenters. The van der Waals surface area contributed by atoms with Crippen LogP contribution in [-0.2, 0) is 0 Å². The summed E-state index contributed by atoms with van der Waals surface area (Å²) < 4.78 is 6.79. The number of carbonyl (C=O) groups is 1. The highest BCUT2D eigenvalue weighted by molar-refractivity contribution is 5.73. The number of carbonyl (C=O) groups excluding carboxylic acids is 1. The molecular weight excluding hydrogens is 242 g/mol. The first-order chi connectivity index (χ1) is 9.30. The number of imidazole rings is 1. The number of aldehydes is 1. The number of ether oxygens (including phenoxy) is 1. The maximum atomic E-state index is 10.7. The van der Waals surface area contributed by atoms with E-state index in [2.05, 4.69) is 10.1 Å². The maximum Gasteiger partial charge on any atom is 0.170 e. The molecule has 3 rings (SSSR count). The Hall–Kier alpha value is -2.69. The van der Waals surface area contributed by atoms with Crippen LogP contribution in [0.25, 0.3) is 16.9 Å². The van der Waals surface area contributed by atoms with Crippen LogP contribution in [-0.4, -0.2) is 28.0 Å². The molecule has 0 aliphatic carbocycles. The van der Waals surface area contributed by atoms with E-state index in [1.54, 1.807) is 17.8 Å². The van der Waals surface area contributed by atoms with Gasteiger partial charge in [0.05, 0.1) is 19.0 Å². The van der Waals surface area contributed by atoms with Crippen LogP contribution in [0.5, 0.6) is 5.75 Å². The van der Waals surface area contributed by atoms with Crippen LogP contribution in [0.4, 0.5) is 0 Å². The summed E-state index contributed by atoms with van der Waals surface area (Å²) in [6, 6.07) is 11.3. The van der Waals surface area contributed by atoms with Gasteiger partial charge in [-0.15, -0.1) is 0 Å². The van der Waals surface area contributed by atoms with E-state index in [4.69, 9.17) is 4.74 Å². The van der Waals surface area contributed by atoms with Crippen LogP contribution >= 0.6 is 0 Å². The molecule has 0 aliphatic heterocycles. The van der Waals surface area contributed by atoms with Gasteiger partial charge in [-0.1, -0.05) is 12.1 Å². The van der Waals surface area contributed by atoms with Crippen LogP contribution in [0, 0.1) is 0 Å². The third-order valence-corrected chi connectivity index (χ3v) is 2.82. The largest absolute Gasteiger partial charge is 0.497 e. The standard InChI is InChI=1S/C14H11N3O2/c1-19-12-4-2-3-10(7-12)13-5-6-14-15-11(9-18)8-17(14)16-13/h2-9H,1H3. The number of hydrogen-bond donors (Lipinski definition) is 0. The summed E-state index contributed by atoms with van der Waals surface area (Å²) in [6.07, 6.45) is 2.31. The lowest BCUT2D eigenvalue weighted by Crippen LogP contribution is -1.93. The Labute approximate surface area is 109 Å². The second-order valence-corrected chi connectivity index (χ2v) is 4.04. The molecule has 0 amide bonds. The number of rotatable bonds is 3. The van der Waals surface area contributed by atoms with Crippen molar-refractivity contribution in [3.63, 3.8) is 0 Å². The second kappa shape index (κ2) is 4.53. The molecule has 0 fully saturated rings. The zero-order valence-corrected chi connectivity index (χ0v) is 10.3. The summed E-state index contributed by atoms with van der Waals surface area (Å²) >= 11 is 0. The molecule has 5 heteroatoms. The molecule has 0 N–H and O–H groups in total. The van der Waals surface area contributed by atoms with Crippen molar-refractivity contribution in [3.05, 3.63) is 48.3 Å². The molecule has 0 radical (unpaired) electrons. The van der Waals surface area contributed by atoms with E-state index in [0.29, 0.717) is 17.6 Å². The molecule has 0 bridgehead atoms. The molecule has 19 heavy (non-hydrogen) atoms. The predicted octanol–water partition coefficient (Wildman–Crippen LogP) is 2.22. The normalized spacial score (nSPS) is 10.6. The molecular formula is C14H11N3O2. The van der Waals surface area contributed by atoms with Crippen molar-refractivity contribution in [1.82, 2.24) is 14.6 Å². The molecule has 5 nitrogen and oxygen atoms in total. The van der Waals surface area contributed by atoms with Gasteiger partial charge in [0.2, 0.25) is 0 Å². The van der Waals surface area contributed by atoms with Gasteiger partial charge in [0.1, 0.15) is 11.4 Å². The average Bonchev–Trinajstić information content (AvgIpc) is 2.89. The Morgan fingerprint density at radius 1 is 1.26 bits per heavy atom. The fourth-order valence-corrected chi connectivity index (χ4v) is 1.89. The third-order valence-electron chi connectivity index (χ3n) is 2.82. The molecule has 1 aromatic carbocycles. The van der Waals surface area contributed by atoms with Crippen LogP contribution in [0.2, 0.25) is 0 Å².